The summed E-state index contributed by atoms with van der Waals surface area (Å²) in [7, 11) is 0. The van der Waals surface area contributed by atoms with E-state index >= 15 is 0 Å². The molecule has 0 aliphatic carbocycles. The number of rotatable bonds is 5. The number of carboxylic acids is 1. The van der Waals surface area contributed by atoms with E-state index < -0.39 is 36.2 Å². The highest BCUT2D eigenvalue weighted by Gasteiger charge is 2.29. The SMILES string of the molecule is NC(=O)C[C@H](NC(=O)C1COc2ccccc2C1)C(=O)O. The van der Waals surface area contributed by atoms with Gasteiger partial charge in [0.25, 0.3) is 0 Å². The first-order valence-corrected chi connectivity index (χ1v) is 6.49. The zero-order valence-electron chi connectivity index (χ0n) is 11.2. The number of carbonyl (C=O) groups excluding carboxylic acids is 2. The van der Waals surface area contributed by atoms with E-state index in [0.29, 0.717) is 6.42 Å². The van der Waals surface area contributed by atoms with Gasteiger partial charge in [-0.2, -0.15) is 0 Å². The van der Waals surface area contributed by atoms with Crippen molar-refractivity contribution in [1.82, 2.24) is 5.32 Å². The van der Waals surface area contributed by atoms with E-state index in [1.54, 1.807) is 0 Å². The molecule has 1 aliphatic rings. The summed E-state index contributed by atoms with van der Waals surface area (Å²) in [6.45, 7) is 0.172. The number of hydrogen-bond acceptors (Lipinski definition) is 4. The van der Waals surface area contributed by atoms with Gasteiger partial charge in [-0.3, -0.25) is 9.59 Å². The van der Waals surface area contributed by atoms with Crippen LogP contribution >= 0.6 is 0 Å². The van der Waals surface area contributed by atoms with Gasteiger partial charge in [0.1, 0.15) is 18.4 Å². The second-order valence-corrected chi connectivity index (χ2v) is 4.89. The summed E-state index contributed by atoms with van der Waals surface area (Å²) in [5, 5.41) is 11.3. The lowest BCUT2D eigenvalue weighted by Crippen LogP contribution is -2.47. The highest BCUT2D eigenvalue weighted by molar-refractivity contribution is 5.89. The van der Waals surface area contributed by atoms with E-state index in [1.807, 2.05) is 24.3 Å². The summed E-state index contributed by atoms with van der Waals surface area (Å²) in [5.74, 6) is -2.30. The first-order chi connectivity index (χ1) is 9.97. The predicted molar refractivity (Wildman–Crippen MR) is 72.5 cm³/mol. The molecular formula is C14H16N2O5. The Kier molecular flexibility index (Phi) is 4.42. The molecule has 1 unspecified atom stereocenters. The van der Waals surface area contributed by atoms with Crippen molar-refractivity contribution in [2.75, 3.05) is 6.61 Å². The van der Waals surface area contributed by atoms with E-state index in [4.69, 9.17) is 15.6 Å². The van der Waals surface area contributed by atoms with Crippen LogP contribution in [-0.4, -0.2) is 35.5 Å². The van der Waals surface area contributed by atoms with Gasteiger partial charge in [-0.25, -0.2) is 4.79 Å². The molecule has 0 fully saturated rings. The minimum atomic E-state index is -1.31. The Labute approximate surface area is 121 Å². The van der Waals surface area contributed by atoms with Crippen LogP contribution < -0.4 is 15.8 Å². The lowest BCUT2D eigenvalue weighted by Gasteiger charge is -2.25. The third kappa shape index (κ3) is 3.71. The van der Waals surface area contributed by atoms with Crippen LogP contribution in [0.4, 0.5) is 0 Å². The molecule has 2 amide bonds. The number of benzene rings is 1. The standard InChI is InChI=1S/C14H16N2O5/c15-12(17)6-10(14(19)20)16-13(18)9-5-8-3-1-2-4-11(8)21-7-9/h1-4,9-10H,5-7H2,(H2,15,17)(H,16,18)(H,19,20)/t9?,10-/m0/s1. The van der Waals surface area contributed by atoms with Crippen LogP contribution in [0.5, 0.6) is 5.75 Å². The van der Waals surface area contributed by atoms with Crippen molar-refractivity contribution < 1.29 is 24.2 Å². The number of para-hydroxylation sites is 1. The number of carboxylic acid groups (broad SMARTS) is 1. The van der Waals surface area contributed by atoms with Crippen molar-refractivity contribution in [2.45, 2.75) is 18.9 Å². The fraction of sp³-hybridized carbons (Fsp3) is 0.357. The van der Waals surface area contributed by atoms with Gasteiger partial charge in [0.05, 0.1) is 12.3 Å². The van der Waals surface area contributed by atoms with Gasteiger partial charge < -0.3 is 20.9 Å². The normalized spacial score (nSPS) is 18.0. The van der Waals surface area contributed by atoms with Crippen molar-refractivity contribution in [3.8, 4) is 5.75 Å². The average molecular weight is 292 g/mol. The molecule has 1 aliphatic heterocycles. The summed E-state index contributed by atoms with van der Waals surface area (Å²) in [6.07, 6.45) is 0.0240. The number of hydrogen-bond donors (Lipinski definition) is 3. The molecule has 4 N–H and O–H groups in total. The molecule has 21 heavy (non-hydrogen) atoms. The zero-order chi connectivity index (χ0) is 15.4. The number of carbonyl (C=O) groups is 3. The molecule has 0 spiro atoms. The number of fused-ring (bicyclic) bond motifs is 1. The molecule has 0 radical (unpaired) electrons. The fourth-order valence-corrected chi connectivity index (χ4v) is 2.19. The highest BCUT2D eigenvalue weighted by atomic mass is 16.5. The summed E-state index contributed by atoms with van der Waals surface area (Å²) >= 11 is 0. The lowest BCUT2D eigenvalue weighted by atomic mass is 9.95. The second kappa shape index (κ2) is 6.25. The highest BCUT2D eigenvalue weighted by Crippen LogP contribution is 2.26. The van der Waals surface area contributed by atoms with Gasteiger partial charge in [-0.05, 0) is 18.1 Å². The quantitative estimate of drug-likeness (QED) is 0.687. The van der Waals surface area contributed by atoms with E-state index in [-0.39, 0.29) is 6.61 Å². The maximum absolute atomic E-state index is 12.1. The van der Waals surface area contributed by atoms with E-state index in [9.17, 15) is 14.4 Å². The minimum Gasteiger partial charge on any atom is -0.492 e. The lowest BCUT2D eigenvalue weighted by molar-refractivity contribution is -0.144. The van der Waals surface area contributed by atoms with E-state index in [2.05, 4.69) is 5.32 Å². The Bertz CT molecular complexity index is 572. The Morgan fingerprint density at radius 2 is 2.10 bits per heavy atom. The molecule has 0 bridgehead atoms. The molecular weight excluding hydrogens is 276 g/mol. The molecule has 1 heterocycles. The van der Waals surface area contributed by atoms with Crippen LogP contribution in [0.1, 0.15) is 12.0 Å². The summed E-state index contributed by atoms with van der Waals surface area (Å²) < 4.78 is 5.48. The molecule has 0 aromatic heterocycles. The molecule has 0 saturated heterocycles. The zero-order valence-corrected chi connectivity index (χ0v) is 11.2. The summed E-state index contributed by atoms with van der Waals surface area (Å²) in [6, 6.07) is 6.04. The molecule has 0 saturated carbocycles. The largest absolute Gasteiger partial charge is 0.492 e. The van der Waals surface area contributed by atoms with Gasteiger partial charge in [-0.1, -0.05) is 18.2 Å². The maximum atomic E-state index is 12.1. The molecule has 7 heteroatoms. The number of aliphatic carboxylic acids is 1. The molecule has 2 atom stereocenters. The van der Waals surface area contributed by atoms with Crippen LogP contribution in [0.2, 0.25) is 0 Å². The predicted octanol–water partition coefficient (Wildman–Crippen LogP) is -0.317. The van der Waals surface area contributed by atoms with Crippen molar-refractivity contribution >= 4 is 17.8 Å². The van der Waals surface area contributed by atoms with Gasteiger partial charge in [0.2, 0.25) is 11.8 Å². The van der Waals surface area contributed by atoms with Crippen LogP contribution in [0.25, 0.3) is 0 Å². The summed E-state index contributed by atoms with van der Waals surface area (Å²) in [4.78, 5) is 33.9. The van der Waals surface area contributed by atoms with Crippen molar-refractivity contribution in [3.63, 3.8) is 0 Å². The molecule has 1 aromatic carbocycles. The fourth-order valence-electron chi connectivity index (χ4n) is 2.19. The first-order valence-electron chi connectivity index (χ1n) is 6.49. The Hall–Kier alpha value is -2.57. The third-order valence-corrected chi connectivity index (χ3v) is 3.27. The van der Waals surface area contributed by atoms with Crippen molar-refractivity contribution in [2.24, 2.45) is 11.7 Å². The topological polar surface area (TPSA) is 119 Å². The number of nitrogens with two attached hydrogens (primary N) is 1. The molecule has 7 nitrogen and oxygen atoms in total. The van der Waals surface area contributed by atoms with Gasteiger partial charge in [0.15, 0.2) is 0 Å². The van der Waals surface area contributed by atoms with Crippen molar-refractivity contribution in [3.05, 3.63) is 29.8 Å². The average Bonchev–Trinajstić information content (AvgIpc) is 2.45. The third-order valence-electron chi connectivity index (χ3n) is 3.27. The van der Waals surface area contributed by atoms with Crippen LogP contribution in [-0.2, 0) is 20.8 Å². The second-order valence-electron chi connectivity index (χ2n) is 4.89. The monoisotopic (exact) mass is 292 g/mol. The van der Waals surface area contributed by atoms with Gasteiger partial charge >= 0.3 is 5.97 Å². The number of nitrogens with one attached hydrogen (secondary N) is 1. The maximum Gasteiger partial charge on any atom is 0.326 e. The first kappa shape index (κ1) is 14.8. The van der Waals surface area contributed by atoms with Crippen LogP contribution in [0.15, 0.2) is 24.3 Å². The molecule has 2 rings (SSSR count). The molecule has 1 aromatic rings. The van der Waals surface area contributed by atoms with Crippen LogP contribution in [0.3, 0.4) is 0 Å². The molecule has 112 valence electrons. The Morgan fingerprint density at radius 1 is 1.38 bits per heavy atom. The van der Waals surface area contributed by atoms with E-state index in [0.717, 1.165) is 11.3 Å². The van der Waals surface area contributed by atoms with Crippen LogP contribution in [0, 0.1) is 5.92 Å². The Morgan fingerprint density at radius 3 is 2.76 bits per heavy atom. The number of ether oxygens (including phenoxy) is 1. The number of primary amides is 1. The minimum absolute atomic E-state index is 0.172. The van der Waals surface area contributed by atoms with Crippen molar-refractivity contribution in [1.29, 1.82) is 0 Å². The summed E-state index contributed by atoms with van der Waals surface area (Å²) in [5.41, 5.74) is 5.86. The van der Waals surface area contributed by atoms with Gasteiger partial charge in [-0.15, -0.1) is 0 Å². The van der Waals surface area contributed by atoms with Gasteiger partial charge in [0, 0.05) is 0 Å². The van der Waals surface area contributed by atoms with E-state index in [1.165, 1.54) is 0 Å². The number of amides is 2. The Balaban J connectivity index is 2.01. The smallest absolute Gasteiger partial charge is 0.326 e.